The Hall–Kier alpha value is -2.30. The molecule has 0 spiro atoms. The summed E-state index contributed by atoms with van der Waals surface area (Å²) < 4.78 is 4.94. The van der Waals surface area contributed by atoms with Crippen LogP contribution in [0.3, 0.4) is 0 Å². The topological polar surface area (TPSA) is 55.1 Å². The highest BCUT2D eigenvalue weighted by atomic mass is 35.5. The summed E-state index contributed by atoms with van der Waals surface area (Å²) in [4.78, 5) is 12.4. The van der Waals surface area contributed by atoms with Gasteiger partial charge < -0.3 is 9.84 Å². The van der Waals surface area contributed by atoms with Crippen molar-refractivity contribution in [1.82, 2.24) is 5.16 Å². The molecule has 6 heteroatoms. The number of carbonyl (C=O) groups is 1. The third-order valence-corrected chi connectivity index (χ3v) is 3.42. The minimum absolute atomic E-state index is 0.335. The molecule has 0 radical (unpaired) electrons. The van der Waals surface area contributed by atoms with Gasteiger partial charge in [-0.2, -0.15) is 0 Å². The van der Waals surface area contributed by atoms with Crippen molar-refractivity contribution in [3.63, 3.8) is 0 Å². The zero-order valence-electron chi connectivity index (χ0n) is 11.2. The SMILES string of the molecule is O=C(Nc1cc(Cl)cc(Cl)c1)c1conc1-c1ccccc1. The number of hydrogen-bond donors (Lipinski definition) is 1. The fourth-order valence-electron chi connectivity index (χ4n) is 2.03. The largest absolute Gasteiger partial charge is 0.363 e. The van der Waals surface area contributed by atoms with E-state index < -0.39 is 0 Å². The van der Waals surface area contributed by atoms with Crippen molar-refractivity contribution < 1.29 is 9.32 Å². The molecule has 0 bridgehead atoms. The third-order valence-electron chi connectivity index (χ3n) is 2.98. The summed E-state index contributed by atoms with van der Waals surface area (Å²) in [6.45, 7) is 0. The summed E-state index contributed by atoms with van der Waals surface area (Å²) in [5.74, 6) is -0.349. The molecule has 1 amide bonds. The highest BCUT2D eigenvalue weighted by molar-refractivity contribution is 6.35. The lowest BCUT2D eigenvalue weighted by atomic mass is 10.1. The third kappa shape index (κ3) is 3.13. The van der Waals surface area contributed by atoms with E-state index in [9.17, 15) is 4.79 Å². The highest BCUT2D eigenvalue weighted by Gasteiger charge is 2.17. The van der Waals surface area contributed by atoms with Crippen LogP contribution >= 0.6 is 23.2 Å². The average Bonchev–Trinajstić information content (AvgIpc) is 2.96. The minimum Gasteiger partial charge on any atom is -0.363 e. The fourth-order valence-corrected chi connectivity index (χ4v) is 2.55. The number of hydrogen-bond acceptors (Lipinski definition) is 3. The second-order valence-electron chi connectivity index (χ2n) is 4.56. The van der Waals surface area contributed by atoms with Crippen LogP contribution in [0.2, 0.25) is 10.0 Å². The zero-order chi connectivity index (χ0) is 15.5. The van der Waals surface area contributed by atoms with Crippen LogP contribution < -0.4 is 5.32 Å². The summed E-state index contributed by atoms with van der Waals surface area (Å²) in [5.41, 5.74) is 2.11. The van der Waals surface area contributed by atoms with Gasteiger partial charge in [0.2, 0.25) is 0 Å². The molecule has 3 rings (SSSR count). The Morgan fingerprint density at radius 2 is 1.73 bits per heavy atom. The Morgan fingerprint density at radius 3 is 2.41 bits per heavy atom. The van der Waals surface area contributed by atoms with E-state index in [1.807, 2.05) is 30.3 Å². The first-order chi connectivity index (χ1) is 10.6. The zero-order valence-corrected chi connectivity index (χ0v) is 12.7. The molecule has 0 aliphatic carbocycles. The second-order valence-corrected chi connectivity index (χ2v) is 5.43. The van der Waals surface area contributed by atoms with Gasteiger partial charge >= 0.3 is 0 Å². The van der Waals surface area contributed by atoms with E-state index in [4.69, 9.17) is 27.7 Å². The molecule has 0 saturated heterocycles. The van der Waals surface area contributed by atoms with Gasteiger partial charge in [-0.1, -0.05) is 58.7 Å². The van der Waals surface area contributed by atoms with Crippen molar-refractivity contribution >= 4 is 34.8 Å². The minimum atomic E-state index is -0.349. The van der Waals surface area contributed by atoms with Crippen LogP contribution in [0.25, 0.3) is 11.3 Å². The van der Waals surface area contributed by atoms with E-state index in [0.29, 0.717) is 27.0 Å². The van der Waals surface area contributed by atoms with Crippen LogP contribution in [0.1, 0.15) is 10.4 Å². The highest BCUT2D eigenvalue weighted by Crippen LogP contribution is 2.25. The fraction of sp³-hybridized carbons (Fsp3) is 0. The average molecular weight is 333 g/mol. The molecule has 2 aromatic carbocycles. The van der Waals surface area contributed by atoms with Crippen LogP contribution in [0.15, 0.2) is 59.3 Å². The lowest BCUT2D eigenvalue weighted by Crippen LogP contribution is -2.12. The summed E-state index contributed by atoms with van der Waals surface area (Å²) >= 11 is 11.8. The molecule has 110 valence electrons. The van der Waals surface area contributed by atoms with Gasteiger partial charge in [-0.3, -0.25) is 4.79 Å². The molecule has 4 nitrogen and oxygen atoms in total. The Bertz CT molecular complexity index is 796. The number of nitrogens with one attached hydrogen (secondary N) is 1. The van der Waals surface area contributed by atoms with E-state index >= 15 is 0 Å². The molecule has 0 atom stereocenters. The van der Waals surface area contributed by atoms with Gasteiger partial charge in [-0.25, -0.2) is 0 Å². The van der Waals surface area contributed by atoms with Gasteiger partial charge in [0.05, 0.1) is 0 Å². The predicted octanol–water partition coefficient (Wildman–Crippen LogP) is 4.90. The van der Waals surface area contributed by atoms with Crippen molar-refractivity contribution in [3.8, 4) is 11.3 Å². The molecule has 1 N–H and O–H groups in total. The molecular weight excluding hydrogens is 323 g/mol. The summed E-state index contributed by atoms with van der Waals surface area (Å²) in [6.07, 6.45) is 1.31. The summed E-state index contributed by atoms with van der Waals surface area (Å²) in [5, 5.41) is 7.51. The van der Waals surface area contributed by atoms with Gasteiger partial charge in [0, 0.05) is 21.3 Å². The molecule has 0 saturated carbocycles. The number of nitrogens with zero attached hydrogens (tertiary/aromatic N) is 1. The quantitative estimate of drug-likeness (QED) is 0.742. The Balaban J connectivity index is 1.89. The molecule has 22 heavy (non-hydrogen) atoms. The van der Waals surface area contributed by atoms with E-state index in [0.717, 1.165) is 5.56 Å². The van der Waals surface area contributed by atoms with Gasteiger partial charge in [0.15, 0.2) is 0 Å². The van der Waals surface area contributed by atoms with Crippen molar-refractivity contribution in [2.24, 2.45) is 0 Å². The summed E-state index contributed by atoms with van der Waals surface area (Å²) in [6, 6.07) is 14.1. The Kier molecular flexibility index (Phi) is 4.13. The maximum atomic E-state index is 12.4. The number of aromatic nitrogens is 1. The van der Waals surface area contributed by atoms with Crippen molar-refractivity contribution in [3.05, 3.63) is 70.4 Å². The van der Waals surface area contributed by atoms with Crippen LogP contribution in [0.5, 0.6) is 0 Å². The van der Waals surface area contributed by atoms with Gasteiger partial charge in [0.25, 0.3) is 5.91 Å². The smallest absolute Gasteiger partial charge is 0.261 e. The molecule has 1 aromatic heterocycles. The van der Waals surface area contributed by atoms with Crippen LogP contribution in [-0.4, -0.2) is 11.1 Å². The maximum absolute atomic E-state index is 12.4. The van der Waals surface area contributed by atoms with Gasteiger partial charge in [-0.05, 0) is 18.2 Å². The molecule has 0 fully saturated rings. The predicted molar refractivity (Wildman–Crippen MR) is 86.4 cm³/mol. The normalized spacial score (nSPS) is 10.5. The van der Waals surface area contributed by atoms with Gasteiger partial charge in [-0.15, -0.1) is 0 Å². The van der Waals surface area contributed by atoms with Crippen molar-refractivity contribution in [2.75, 3.05) is 5.32 Å². The number of anilines is 1. The number of amides is 1. The molecule has 1 heterocycles. The molecule has 0 aliphatic rings. The standard InChI is InChI=1S/C16H10Cl2N2O2/c17-11-6-12(18)8-13(7-11)19-16(21)14-9-22-20-15(14)10-4-2-1-3-5-10/h1-9H,(H,19,21). The van der Waals surface area contributed by atoms with Crippen LogP contribution in [0.4, 0.5) is 5.69 Å². The Labute approximate surface area is 136 Å². The maximum Gasteiger partial charge on any atom is 0.261 e. The first-order valence-corrected chi connectivity index (χ1v) is 7.16. The number of rotatable bonds is 3. The lowest BCUT2D eigenvalue weighted by Gasteiger charge is -2.06. The lowest BCUT2D eigenvalue weighted by molar-refractivity contribution is 0.102. The van der Waals surface area contributed by atoms with Crippen LogP contribution in [-0.2, 0) is 0 Å². The van der Waals surface area contributed by atoms with E-state index in [-0.39, 0.29) is 5.91 Å². The molecule has 3 aromatic rings. The number of benzene rings is 2. The molecular formula is C16H10Cl2N2O2. The van der Waals surface area contributed by atoms with E-state index in [2.05, 4.69) is 10.5 Å². The number of halogens is 2. The first kappa shape index (κ1) is 14.6. The van der Waals surface area contributed by atoms with Gasteiger partial charge in [0.1, 0.15) is 17.5 Å². The Morgan fingerprint density at radius 1 is 1.05 bits per heavy atom. The first-order valence-electron chi connectivity index (χ1n) is 6.41. The summed E-state index contributed by atoms with van der Waals surface area (Å²) in [7, 11) is 0. The molecule has 0 aliphatic heterocycles. The second kappa shape index (κ2) is 6.22. The van der Waals surface area contributed by atoms with E-state index in [1.165, 1.54) is 6.26 Å². The molecule has 0 unspecified atom stereocenters. The van der Waals surface area contributed by atoms with Crippen molar-refractivity contribution in [1.29, 1.82) is 0 Å². The van der Waals surface area contributed by atoms with Crippen LogP contribution in [0, 0.1) is 0 Å². The monoisotopic (exact) mass is 332 g/mol. The van der Waals surface area contributed by atoms with Crippen molar-refractivity contribution in [2.45, 2.75) is 0 Å². The van der Waals surface area contributed by atoms with E-state index in [1.54, 1.807) is 18.2 Å². The number of carbonyl (C=O) groups excluding carboxylic acids is 1.